The first-order valence-corrected chi connectivity index (χ1v) is 11.6. The Kier molecular flexibility index (Phi) is 7.40. The number of hydrogen-bond acceptors (Lipinski definition) is 4. The Bertz CT molecular complexity index is 1040. The van der Waals surface area contributed by atoms with Crippen LogP contribution in [0, 0.1) is 11.6 Å². The van der Waals surface area contributed by atoms with Crippen molar-refractivity contribution in [3.63, 3.8) is 0 Å². The van der Waals surface area contributed by atoms with Crippen LogP contribution >= 0.6 is 0 Å². The number of benzene rings is 2. The predicted molar refractivity (Wildman–Crippen MR) is 114 cm³/mol. The number of halogens is 2. The summed E-state index contributed by atoms with van der Waals surface area (Å²) < 4.78 is 55.0. The van der Waals surface area contributed by atoms with Gasteiger partial charge < -0.3 is 10.2 Å². The molecule has 0 aromatic heterocycles. The van der Waals surface area contributed by atoms with Crippen LogP contribution < -0.4 is 5.32 Å². The topological polar surface area (TPSA) is 69.7 Å². The van der Waals surface area contributed by atoms with E-state index >= 15 is 0 Å². The van der Waals surface area contributed by atoms with Crippen molar-refractivity contribution in [1.29, 1.82) is 0 Å². The van der Waals surface area contributed by atoms with Gasteiger partial charge in [0.1, 0.15) is 16.5 Å². The van der Waals surface area contributed by atoms with Crippen LogP contribution in [0.1, 0.15) is 41.2 Å². The molecule has 1 fully saturated rings. The highest BCUT2D eigenvalue weighted by Crippen LogP contribution is 2.24. The maximum absolute atomic E-state index is 14.4. The minimum absolute atomic E-state index is 0.0498. The number of carbonyl (C=O) groups is 1. The van der Waals surface area contributed by atoms with Gasteiger partial charge in [-0.05, 0) is 62.8 Å². The molecule has 1 atom stereocenters. The summed E-state index contributed by atoms with van der Waals surface area (Å²) in [5.74, 6) is -1.78. The van der Waals surface area contributed by atoms with E-state index < -0.39 is 26.6 Å². The molecule has 1 aliphatic heterocycles. The van der Waals surface area contributed by atoms with Crippen molar-refractivity contribution in [3.05, 3.63) is 65.2 Å². The number of nitrogens with one attached hydrogen (secondary N) is 1. The normalized spacial score (nSPS) is 16.3. The van der Waals surface area contributed by atoms with Gasteiger partial charge in [-0.1, -0.05) is 18.6 Å². The molecule has 1 saturated heterocycles. The van der Waals surface area contributed by atoms with Gasteiger partial charge in [-0.2, -0.15) is 4.31 Å². The number of rotatable bonds is 7. The molecule has 1 N–H and O–H groups in total. The smallest absolute Gasteiger partial charge is 0.251 e. The predicted octanol–water partition coefficient (Wildman–Crippen LogP) is 3.17. The summed E-state index contributed by atoms with van der Waals surface area (Å²) in [7, 11) is -0.396. The first-order chi connectivity index (χ1) is 14.7. The summed E-state index contributed by atoms with van der Waals surface area (Å²) in [6.07, 6.45) is 2.40. The Morgan fingerprint density at radius 3 is 2.45 bits per heavy atom. The molecule has 1 amide bonds. The maximum Gasteiger partial charge on any atom is 0.251 e. The molecule has 6 nitrogen and oxygen atoms in total. The summed E-state index contributed by atoms with van der Waals surface area (Å²) in [6.45, 7) is 0.855. The Morgan fingerprint density at radius 1 is 1.10 bits per heavy atom. The fourth-order valence-corrected chi connectivity index (χ4v) is 5.30. The standard InChI is InChI=1S/C22H27F2N3O3S/c1-26(2)20(16-7-6-8-18(23)13-16)15-25-22(28)17-9-10-19(24)21(14-17)31(29,30)27-11-4-3-5-12-27/h6-10,13-14,20H,3-5,11-12,15H2,1-2H3,(H,25,28). The van der Waals surface area contributed by atoms with Crippen molar-refractivity contribution in [2.45, 2.75) is 30.2 Å². The zero-order valence-corrected chi connectivity index (χ0v) is 18.5. The molecule has 1 unspecified atom stereocenters. The summed E-state index contributed by atoms with van der Waals surface area (Å²) in [5.41, 5.74) is 0.742. The van der Waals surface area contributed by atoms with E-state index in [0.29, 0.717) is 18.7 Å². The van der Waals surface area contributed by atoms with Crippen molar-refractivity contribution in [3.8, 4) is 0 Å². The molecular weight excluding hydrogens is 424 g/mol. The third-order valence-electron chi connectivity index (χ3n) is 5.44. The maximum atomic E-state index is 14.4. The molecule has 0 spiro atoms. The van der Waals surface area contributed by atoms with Gasteiger partial charge in [-0.15, -0.1) is 0 Å². The SMILES string of the molecule is CN(C)C(CNC(=O)c1ccc(F)c(S(=O)(=O)N2CCCCC2)c1)c1cccc(F)c1. The fraction of sp³-hybridized carbons (Fsp3) is 0.409. The van der Waals surface area contributed by atoms with E-state index in [1.165, 1.54) is 22.5 Å². The van der Waals surface area contributed by atoms with Gasteiger partial charge in [0.2, 0.25) is 10.0 Å². The molecule has 9 heteroatoms. The third-order valence-corrected chi connectivity index (χ3v) is 7.35. The van der Waals surface area contributed by atoms with E-state index in [4.69, 9.17) is 0 Å². The lowest BCUT2D eigenvalue weighted by molar-refractivity contribution is 0.0941. The van der Waals surface area contributed by atoms with Crippen LogP contribution in [0.15, 0.2) is 47.4 Å². The van der Waals surface area contributed by atoms with Crippen LogP contribution in [-0.2, 0) is 10.0 Å². The van der Waals surface area contributed by atoms with Crippen LogP contribution in [-0.4, -0.2) is 57.3 Å². The van der Waals surface area contributed by atoms with Gasteiger partial charge in [0.15, 0.2) is 0 Å². The second kappa shape index (κ2) is 9.84. The van der Waals surface area contributed by atoms with Gasteiger partial charge in [0.25, 0.3) is 5.91 Å². The van der Waals surface area contributed by atoms with Crippen LogP contribution in [0.25, 0.3) is 0 Å². The molecule has 3 rings (SSSR count). The molecule has 0 saturated carbocycles. The lowest BCUT2D eigenvalue weighted by atomic mass is 10.1. The molecule has 0 radical (unpaired) electrons. The first kappa shape index (κ1) is 23.3. The highest BCUT2D eigenvalue weighted by molar-refractivity contribution is 7.89. The van der Waals surface area contributed by atoms with Crippen molar-refractivity contribution in [2.75, 3.05) is 33.7 Å². The Balaban J connectivity index is 1.78. The molecule has 0 aliphatic carbocycles. The number of nitrogens with zero attached hydrogens (tertiary/aromatic N) is 2. The van der Waals surface area contributed by atoms with Gasteiger partial charge in [0.05, 0.1) is 6.04 Å². The molecule has 168 valence electrons. The number of amides is 1. The monoisotopic (exact) mass is 451 g/mol. The summed E-state index contributed by atoms with van der Waals surface area (Å²) in [5, 5.41) is 2.74. The average molecular weight is 452 g/mol. The zero-order valence-electron chi connectivity index (χ0n) is 17.6. The minimum atomic E-state index is -4.01. The van der Waals surface area contributed by atoms with E-state index in [1.807, 2.05) is 19.0 Å². The number of sulfonamides is 1. The van der Waals surface area contributed by atoms with Gasteiger partial charge in [-0.3, -0.25) is 4.79 Å². The molecule has 0 bridgehead atoms. The van der Waals surface area contributed by atoms with Gasteiger partial charge in [-0.25, -0.2) is 17.2 Å². The van der Waals surface area contributed by atoms with Crippen LogP contribution in [0.4, 0.5) is 8.78 Å². The molecule has 2 aromatic carbocycles. The minimum Gasteiger partial charge on any atom is -0.350 e. The van der Waals surface area contributed by atoms with E-state index in [0.717, 1.165) is 31.4 Å². The van der Waals surface area contributed by atoms with E-state index in [9.17, 15) is 22.0 Å². The zero-order chi connectivity index (χ0) is 22.6. The Morgan fingerprint density at radius 2 is 1.81 bits per heavy atom. The van der Waals surface area contributed by atoms with Crippen molar-refractivity contribution in [2.24, 2.45) is 0 Å². The fourth-order valence-electron chi connectivity index (χ4n) is 3.69. The molecule has 1 aliphatic rings. The van der Waals surface area contributed by atoms with Crippen LogP contribution in [0.3, 0.4) is 0 Å². The first-order valence-electron chi connectivity index (χ1n) is 10.2. The quantitative estimate of drug-likeness (QED) is 0.702. The Labute approximate surface area is 181 Å². The van der Waals surface area contributed by atoms with Crippen molar-refractivity contribution in [1.82, 2.24) is 14.5 Å². The van der Waals surface area contributed by atoms with Gasteiger partial charge >= 0.3 is 0 Å². The summed E-state index contributed by atoms with van der Waals surface area (Å²) in [4.78, 5) is 14.1. The summed E-state index contributed by atoms with van der Waals surface area (Å²) >= 11 is 0. The van der Waals surface area contributed by atoms with E-state index in [1.54, 1.807) is 12.1 Å². The highest BCUT2D eigenvalue weighted by Gasteiger charge is 2.29. The second-order valence-corrected chi connectivity index (χ2v) is 9.76. The van der Waals surface area contributed by atoms with Crippen LogP contribution in [0.2, 0.25) is 0 Å². The van der Waals surface area contributed by atoms with Crippen molar-refractivity contribution >= 4 is 15.9 Å². The van der Waals surface area contributed by atoms with Gasteiger partial charge in [0, 0.05) is 25.2 Å². The number of piperidine rings is 1. The molecule has 1 heterocycles. The number of likely N-dealkylation sites (N-methyl/N-ethyl adjacent to an activating group) is 1. The van der Waals surface area contributed by atoms with Crippen molar-refractivity contribution < 1.29 is 22.0 Å². The third kappa shape index (κ3) is 5.47. The van der Waals surface area contributed by atoms with E-state index in [-0.39, 0.29) is 24.0 Å². The lowest BCUT2D eigenvalue weighted by Crippen LogP contribution is -2.36. The van der Waals surface area contributed by atoms with E-state index in [2.05, 4.69) is 5.32 Å². The lowest BCUT2D eigenvalue weighted by Gasteiger charge is -2.26. The number of carbonyl (C=O) groups excluding carboxylic acids is 1. The molecule has 31 heavy (non-hydrogen) atoms. The number of hydrogen-bond donors (Lipinski definition) is 1. The summed E-state index contributed by atoms with van der Waals surface area (Å²) in [6, 6.07) is 9.16. The van der Waals surface area contributed by atoms with Crippen LogP contribution in [0.5, 0.6) is 0 Å². The second-order valence-electron chi connectivity index (χ2n) is 7.85. The Hall–Kier alpha value is -2.36. The highest BCUT2D eigenvalue weighted by atomic mass is 32.2. The largest absolute Gasteiger partial charge is 0.350 e. The average Bonchev–Trinajstić information content (AvgIpc) is 2.74. The molecular formula is C22H27F2N3O3S. The molecule has 2 aromatic rings.